The number of benzene rings is 1. The number of nitrogens with zero attached hydrogens (tertiary/aromatic N) is 3. The Labute approximate surface area is 161 Å². The van der Waals surface area contributed by atoms with Crippen LogP contribution in [0.15, 0.2) is 23.1 Å². The van der Waals surface area contributed by atoms with Gasteiger partial charge in [-0.25, -0.2) is 8.42 Å². The van der Waals surface area contributed by atoms with Gasteiger partial charge in [-0.2, -0.15) is 0 Å². The molecule has 2 aromatic rings. The summed E-state index contributed by atoms with van der Waals surface area (Å²) < 4.78 is 27.5. The van der Waals surface area contributed by atoms with Crippen LogP contribution in [-0.2, 0) is 21.2 Å². The van der Waals surface area contributed by atoms with Gasteiger partial charge >= 0.3 is 0 Å². The van der Waals surface area contributed by atoms with E-state index in [0.717, 1.165) is 24.2 Å². The van der Waals surface area contributed by atoms with Crippen molar-refractivity contribution in [2.75, 3.05) is 18.3 Å². The van der Waals surface area contributed by atoms with E-state index in [1.807, 2.05) is 0 Å². The van der Waals surface area contributed by atoms with Gasteiger partial charge in [0.15, 0.2) is 0 Å². The fourth-order valence-electron chi connectivity index (χ4n) is 2.46. The maximum atomic E-state index is 12.5. The average Bonchev–Trinajstić information content (AvgIpc) is 3.35. The molecule has 10 heteroatoms. The number of anilines is 1. The van der Waals surface area contributed by atoms with Crippen LogP contribution in [0, 0.1) is 12.8 Å². The smallest absolute Gasteiger partial charge is 0.264 e. The topological polar surface area (TPSA) is 92.3 Å². The van der Waals surface area contributed by atoms with Crippen molar-refractivity contribution in [1.29, 1.82) is 0 Å². The van der Waals surface area contributed by atoms with E-state index in [2.05, 4.69) is 14.9 Å². The number of aromatic nitrogens is 2. The van der Waals surface area contributed by atoms with Crippen LogP contribution in [0.5, 0.6) is 0 Å². The summed E-state index contributed by atoms with van der Waals surface area (Å²) in [6, 6.07) is 4.71. The quantitative estimate of drug-likeness (QED) is 0.751. The zero-order valence-corrected chi connectivity index (χ0v) is 16.8. The minimum Gasteiger partial charge on any atom is -0.345 e. The van der Waals surface area contributed by atoms with Gasteiger partial charge in [0.25, 0.3) is 10.0 Å². The lowest BCUT2D eigenvalue weighted by Gasteiger charge is -2.15. The normalized spacial score (nSPS) is 14.3. The highest BCUT2D eigenvalue weighted by Crippen LogP contribution is 2.31. The number of hydrogen-bond acceptors (Lipinski definition) is 6. The van der Waals surface area contributed by atoms with Crippen molar-refractivity contribution in [3.8, 4) is 0 Å². The average molecular weight is 415 g/mol. The number of amides is 1. The number of carbonyl (C=O) groups is 1. The second kappa shape index (κ2) is 7.50. The van der Waals surface area contributed by atoms with E-state index < -0.39 is 10.0 Å². The van der Waals surface area contributed by atoms with E-state index >= 15 is 0 Å². The maximum Gasteiger partial charge on any atom is 0.264 e. The summed E-state index contributed by atoms with van der Waals surface area (Å²) in [5, 5.41) is 9.14. The lowest BCUT2D eigenvalue weighted by atomic mass is 10.2. The van der Waals surface area contributed by atoms with Crippen LogP contribution in [-0.4, -0.2) is 43.0 Å². The molecule has 1 amide bonds. The third-order valence-corrected chi connectivity index (χ3v) is 7.08. The van der Waals surface area contributed by atoms with Crippen molar-refractivity contribution in [2.45, 2.75) is 31.1 Å². The lowest BCUT2D eigenvalue weighted by Crippen LogP contribution is -2.29. The van der Waals surface area contributed by atoms with Crippen molar-refractivity contribution in [1.82, 2.24) is 15.1 Å². The van der Waals surface area contributed by atoms with Crippen molar-refractivity contribution < 1.29 is 13.2 Å². The van der Waals surface area contributed by atoms with Gasteiger partial charge in [-0.05, 0) is 37.5 Å². The Bertz CT molecular complexity index is 925. The highest BCUT2D eigenvalue weighted by molar-refractivity contribution is 7.93. The zero-order chi connectivity index (χ0) is 18.9. The lowest BCUT2D eigenvalue weighted by molar-refractivity contribution is -0.131. The van der Waals surface area contributed by atoms with Gasteiger partial charge in [0.05, 0.1) is 4.90 Å². The van der Waals surface area contributed by atoms with Gasteiger partial charge in [-0.15, -0.1) is 10.2 Å². The molecule has 7 nitrogen and oxygen atoms in total. The van der Waals surface area contributed by atoms with Crippen molar-refractivity contribution in [2.24, 2.45) is 5.92 Å². The van der Waals surface area contributed by atoms with Crippen LogP contribution in [0.4, 0.5) is 5.13 Å². The molecule has 0 aliphatic heterocycles. The molecule has 1 N–H and O–H groups in total. The molecule has 0 bridgehead atoms. The summed E-state index contributed by atoms with van der Waals surface area (Å²) in [5.74, 6) is 0.338. The van der Waals surface area contributed by atoms with Crippen molar-refractivity contribution in [3.63, 3.8) is 0 Å². The summed E-state index contributed by atoms with van der Waals surface area (Å²) in [6.07, 6.45) is 2.47. The molecule has 0 atom stereocenters. The van der Waals surface area contributed by atoms with E-state index in [1.165, 1.54) is 6.07 Å². The molecule has 26 heavy (non-hydrogen) atoms. The first-order chi connectivity index (χ1) is 12.3. The summed E-state index contributed by atoms with van der Waals surface area (Å²) in [6.45, 7) is 2.18. The van der Waals surface area contributed by atoms with Gasteiger partial charge in [0.2, 0.25) is 11.0 Å². The molecular formula is C16H19ClN4O3S2. The molecule has 1 fully saturated rings. The molecule has 0 radical (unpaired) electrons. The maximum absolute atomic E-state index is 12.5. The van der Waals surface area contributed by atoms with Gasteiger partial charge in [0, 0.05) is 31.0 Å². The number of likely N-dealkylation sites (N-methyl/N-ethyl adjacent to an activating group) is 1. The van der Waals surface area contributed by atoms with Gasteiger partial charge in [-0.3, -0.25) is 9.52 Å². The van der Waals surface area contributed by atoms with Crippen LogP contribution in [0.25, 0.3) is 0 Å². The number of halogens is 1. The van der Waals surface area contributed by atoms with Crippen LogP contribution >= 0.6 is 22.9 Å². The Kier molecular flexibility index (Phi) is 5.50. The van der Waals surface area contributed by atoms with E-state index in [9.17, 15) is 13.2 Å². The third-order valence-electron chi connectivity index (χ3n) is 4.16. The number of carbonyl (C=O) groups excluding carboxylic acids is 1. The molecule has 0 spiro atoms. The minimum atomic E-state index is -3.79. The Hall–Kier alpha value is -1.71. The molecule has 3 rings (SSSR count). The predicted octanol–water partition coefficient (Wildman–Crippen LogP) is 2.71. The van der Waals surface area contributed by atoms with Crippen LogP contribution in [0.2, 0.25) is 5.02 Å². The van der Waals surface area contributed by atoms with Gasteiger partial charge < -0.3 is 4.90 Å². The van der Waals surface area contributed by atoms with Gasteiger partial charge in [0.1, 0.15) is 5.01 Å². The Morgan fingerprint density at radius 3 is 2.81 bits per heavy atom. The van der Waals surface area contributed by atoms with Gasteiger partial charge in [-0.1, -0.05) is 29.0 Å². The van der Waals surface area contributed by atoms with Crippen molar-refractivity contribution >= 4 is 44.0 Å². The first-order valence-corrected chi connectivity index (χ1v) is 10.8. The van der Waals surface area contributed by atoms with E-state index in [-0.39, 0.29) is 21.9 Å². The Morgan fingerprint density at radius 2 is 2.12 bits per heavy atom. The molecule has 1 aliphatic rings. The molecular weight excluding hydrogens is 396 g/mol. The molecule has 1 heterocycles. The first kappa shape index (κ1) is 19.1. The van der Waals surface area contributed by atoms with Crippen LogP contribution < -0.4 is 4.72 Å². The summed E-state index contributed by atoms with van der Waals surface area (Å²) in [4.78, 5) is 13.7. The van der Waals surface area contributed by atoms with E-state index in [4.69, 9.17) is 11.6 Å². The number of sulfonamides is 1. The number of nitrogens with one attached hydrogen (secondary N) is 1. The second-order valence-corrected chi connectivity index (χ2v) is 9.37. The molecule has 0 unspecified atom stereocenters. The minimum absolute atomic E-state index is 0.108. The summed E-state index contributed by atoms with van der Waals surface area (Å²) in [5.41, 5.74) is 0.478. The Morgan fingerprint density at radius 1 is 1.38 bits per heavy atom. The molecule has 140 valence electrons. The molecule has 1 aromatic carbocycles. The van der Waals surface area contributed by atoms with E-state index in [0.29, 0.717) is 28.6 Å². The van der Waals surface area contributed by atoms with Crippen LogP contribution in [0.3, 0.4) is 0 Å². The van der Waals surface area contributed by atoms with E-state index in [1.54, 1.807) is 31.0 Å². The second-order valence-electron chi connectivity index (χ2n) is 6.25. The highest BCUT2D eigenvalue weighted by atomic mass is 35.5. The standard InChI is InChI=1S/C16H19ClN4O3S2/c1-10-12(17)4-3-5-13(10)26(23,24)20-16-19-18-14(25-16)8-9-21(2)15(22)11-6-7-11/h3-5,11H,6-9H2,1-2H3,(H,19,20). The zero-order valence-electron chi connectivity index (χ0n) is 14.4. The molecule has 1 saturated carbocycles. The third kappa shape index (κ3) is 4.33. The summed E-state index contributed by atoms with van der Waals surface area (Å²) in [7, 11) is -2.02. The largest absolute Gasteiger partial charge is 0.345 e. The predicted molar refractivity (Wildman–Crippen MR) is 101 cm³/mol. The Balaban J connectivity index is 1.64. The van der Waals surface area contributed by atoms with Crippen molar-refractivity contribution in [3.05, 3.63) is 33.8 Å². The van der Waals surface area contributed by atoms with Crippen LogP contribution in [0.1, 0.15) is 23.4 Å². The molecule has 1 aromatic heterocycles. The fraction of sp³-hybridized carbons (Fsp3) is 0.438. The highest BCUT2D eigenvalue weighted by Gasteiger charge is 2.31. The first-order valence-electron chi connectivity index (χ1n) is 8.13. The number of rotatable bonds is 7. The SMILES string of the molecule is Cc1c(Cl)cccc1S(=O)(=O)Nc1nnc(CCN(C)C(=O)C2CC2)s1. The monoisotopic (exact) mass is 414 g/mol. The molecule has 1 aliphatic carbocycles. The fourth-order valence-corrected chi connectivity index (χ4v) is 4.92. The molecule has 0 saturated heterocycles. The summed E-state index contributed by atoms with van der Waals surface area (Å²) >= 11 is 7.16. The number of hydrogen-bond donors (Lipinski definition) is 1.